The number of alkyl halides is 3. The number of benzene rings is 1. The normalized spacial score (nSPS) is 12.7. The fourth-order valence-electron chi connectivity index (χ4n) is 2.12. The summed E-state index contributed by atoms with van der Waals surface area (Å²) in [6.07, 6.45) is -4.59. The van der Waals surface area contributed by atoms with Crippen molar-refractivity contribution in [3.05, 3.63) is 53.5 Å². The van der Waals surface area contributed by atoms with E-state index >= 15 is 0 Å². The number of nitrogens with two attached hydrogens (primary N) is 1. The Balaban J connectivity index is 2.18. The average molecular weight is 340 g/mol. The first-order chi connectivity index (χ1) is 11.3. The molecule has 1 aromatic carbocycles. The summed E-state index contributed by atoms with van der Waals surface area (Å²) in [5.41, 5.74) is 4.31. The fraction of sp³-hybridized carbons (Fsp3) is 0.267. The highest BCUT2D eigenvalue weighted by Crippen LogP contribution is 2.35. The van der Waals surface area contributed by atoms with Crippen LogP contribution < -0.4 is 11.1 Å². The Morgan fingerprint density at radius 3 is 2.67 bits per heavy atom. The van der Waals surface area contributed by atoms with Crippen molar-refractivity contribution in [1.82, 2.24) is 15.3 Å². The second kappa shape index (κ2) is 7.26. The van der Waals surface area contributed by atoms with E-state index in [1.54, 1.807) is 0 Å². The molecule has 0 saturated carbocycles. The van der Waals surface area contributed by atoms with Gasteiger partial charge in [0, 0.05) is 18.9 Å². The van der Waals surface area contributed by atoms with Gasteiger partial charge in [-0.05, 0) is 12.1 Å². The van der Waals surface area contributed by atoms with Crippen molar-refractivity contribution in [2.75, 3.05) is 12.8 Å². The maximum atomic E-state index is 13.1. The van der Waals surface area contributed by atoms with Gasteiger partial charge in [0.2, 0.25) is 0 Å². The molecule has 1 amide bonds. The van der Waals surface area contributed by atoms with Crippen LogP contribution in [0.2, 0.25) is 0 Å². The van der Waals surface area contributed by atoms with Crippen molar-refractivity contribution in [2.45, 2.75) is 18.8 Å². The zero-order chi connectivity index (χ0) is 17.7. The molecule has 0 saturated heterocycles. The summed E-state index contributed by atoms with van der Waals surface area (Å²) in [6.45, 7) is -0.0854. The van der Waals surface area contributed by atoms with E-state index in [2.05, 4.69) is 15.3 Å². The number of amides is 1. The summed E-state index contributed by atoms with van der Waals surface area (Å²) >= 11 is 0. The fourth-order valence-corrected chi connectivity index (χ4v) is 2.12. The van der Waals surface area contributed by atoms with Gasteiger partial charge >= 0.3 is 6.18 Å². The van der Waals surface area contributed by atoms with Crippen LogP contribution in [-0.2, 0) is 22.3 Å². The third-order valence-electron chi connectivity index (χ3n) is 3.17. The topological polar surface area (TPSA) is 90.1 Å². The van der Waals surface area contributed by atoms with Gasteiger partial charge < -0.3 is 15.8 Å². The Kier molecular flexibility index (Phi) is 5.35. The monoisotopic (exact) mass is 340 g/mol. The van der Waals surface area contributed by atoms with Crippen LogP contribution in [0.15, 0.2) is 36.5 Å². The third-order valence-corrected chi connectivity index (χ3v) is 3.17. The predicted octanol–water partition coefficient (Wildman–Crippen LogP) is 2.08. The lowest BCUT2D eigenvalue weighted by Crippen LogP contribution is -2.31. The Morgan fingerprint density at radius 2 is 2.04 bits per heavy atom. The second-order valence-corrected chi connectivity index (χ2v) is 4.82. The summed E-state index contributed by atoms with van der Waals surface area (Å²) < 4.78 is 44.2. The van der Waals surface area contributed by atoms with Gasteiger partial charge in [-0.15, -0.1) is 0 Å². The van der Waals surface area contributed by atoms with E-state index in [4.69, 9.17) is 10.5 Å². The highest BCUT2D eigenvalue weighted by atomic mass is 19.4. The first kappa shape index (κ1) is 17.7. The molecule has 9 heteroatoms. The van der Waals surface area contributed by atoms with Crippen LogP contribution in [-0.4, -0.2) is 23.0 Å². The third kappa shape index (κ3) is 4.19. The minimum Gasteiger partial charge on any atom is -0.384 e. The van der Waals surface area contributed by atoms with Gasteiger partial charge in [0.1, 0.15) is 11.6 Å². The number of carbonyl (C=O) groups is 1. The number of anilines is 1. The molecule has 1 unspecified atom stereocenters. The quantitative estimate of drug-likeness (QED) is 0.870. The Bertz CT molecular complexity index is 722. The Labute approximate surface area is 135 Å². The van der Waals surface area contributed by atoms with E-state index in [0.29, 0.717) is 0 Å². The first-order valence-electron chi connectivity index (χ1n) is 6.87. The Morgan fingerprint density at radius 1 is 1.33 bits per heavy atom. The first-order valence-corrected chi connectivity index (χ1v) is 6.87. The van der Waals surface area contributed by atoms with Crippen LogP contribution in [0.5, 0.6) is 0 Å². The SMILES string of the molecule is COC(C(=O)NCc1nccc(N)n1)c1ccccc1C(F)(F)F. The molecule has 3 N–H and O–H groups in total. The van der Waals surface area contributed by atoms with Gasteiger partial charge in [0.15, 0.2) is 6.10 Å². The number of halogens is 3. The summed E-state index contributed by atoms with van der Waals surface area (Å²) in [6, 6.07) is 6.23. The molecule has 0 aliphatic rings. The molecule has 0 aliphatic heterocycles. The van der Waals surface area contributed by atoms with Crippen LogP contribution in [0.4, 0.5) is 19.0 Å². The van der Waals surface area contributed by atoms with E-state index in [-0.39, 0.29) is 23.8 Å². The summed E-state index contributed by atoms with van der Waals surface area (Å²) in [7, 11) is 1.16. The number of carbonyl (C=O) groups excluding carboxylic acids is 1. The maximum Gasteiger partial charge on any atom is 0.416 e. The molecule has 1 heterocycles. The summed E-state index contributed by atoms with van der Waals surface area (Å²) in [5.74, 6) is -0.275. The molecule has 0 radical (unpaired) electrons. The van der Waals surface area contributed by atoms with E-state index in [9.17, 15) is 18.0 Å². The molecule has 0 spiro atoms. The van der Waals surface area contributed by atoms with Gasteiger partial charge in [-0.3, -0.25) is 4.79 Å². The zero-order valence-electron chi connectivity index (χ0n) is 12.7. The van der Waals surface area contributed by atoms with E-state index in [0.717, 1.165) is 13.2 Å². The van der Waals surface area contributed by atoms with Crippen LogP contribution in [0.1, 0.15) is 23.1 Å². The van der Waals surface area contributed by atoms with Gasteiger partial charge in [-0.2, -0.15) is 13.2 Å². The van der Waals surface area contributed by atoms with Crippen LogP contribution in [0.3, 0.4) is 0 Å². The molecular formula is C15H15F3N4O2. The predicted molar refractivity (Wildman–Crippen MR) is 79.5 cm³/mol. The maximum absolute atomic E-state index is 13.1. The molecule has 6 nitrogen and oxygen atoms in total. The van der Waals surface area contributed by atoms with Crippen LogP contribution >= 0.6 is 0 Å². The van der Waals surface area contributed by atoms with Crippen molar-refractivity contribution in [3.63, 3.8) is 0 Å². The van der Waals surface area contributed by atoms with Crippen molar-refractivity contribution in [1.29, 1.82) is 0 Å². The van der Waals surface area contributed by atoms with Gasteiger partial charge in [0.05, 0.1) is 12.1 Å². The van der Waals surface area contributed by atoms with Crippen LogP contribution in [0.25, 0.3) is 0 Å². The smallest absolute Gasteiger partial charge is 0.384 e. The highest BCUT2D eigenvalue weighted by Gasteiger charge is 2.36. The van der Waals surface area contributed by atoms with Crippen molar-refractivity contribution < 1.29 is 22.7 Å². The molecule has 1 atom stereocenters. The van der Waals surface area contributed by atoms with Gasteiger partial charge in [-0.25, -0.2) is 9.97 Å². The van der Waals surface area contributed by atoms with Crippen molar-refractivity contribution >= 4 is 11.7 Å². The Hall–Kier alpha value is -2.68. The lowest BCUT2D eigenvalue weighted by molar-refractivity contribution is -0.141. The van der Waals surface area contributed by atoms with Crippen molar-refractivity contribution in [2.24, 2.45) is 0 Å². The number of hydrogen-bond acceptors (Lipinski definition) is 5. The summed E-state index contributed by atoms with van der Waals surface area (Å²) in [4.78, 5) is 20.0. The minimum absolute atomic E-state index is 0.0854. The van der Waals surface area contributed by atoms with E-state index in [1.807, 2.05) is 0 Å². The molecule has 0 bridgehead atoms. The zero-order valence-corrected chi connectivity index (χ0v) is 12.7. The molecule has 2 aromatic rings. The number of rotatable bonds is 5. The number of nitrogen functional groups attached to an aromatic ring is 1. The summed E-state index contributed by atoms with van der Waals surface area (Å²) in [5, 5.41) is 2.44. The number of ether oxygens (including phenoxy) is 1. The molecule has 128 valence electrons. The molecule has 0 aliphatic carbocycles. The number of methoxy groups -OCH3 is 1. The number of hydrogen-bond donors (Lipinski definition) is 2. The van der Waals surface area contributed by atoms with Crippen LogP contribution in [0, 0.1) is 0 Å². The standard InChI is InChI=1S/C15H15F3N4O2/c1-24-13(9-4-2-3-5-10(9)15(16,17)18)14(23)21-8-12-20-7-6-11(19)22-12/h2-7,13H,8H2,1H3,(H,21,23)(H2,19,20,22). The van der Waals surface area contributed by atoms with E-state index in [1.165, 1.54) is 30.5 Å². The lowest BCUT2D eigenvalue weighted by Gasteiger charge is -2.20. The average Bonchev–Trinajstić information content (AvgIpc) is 2.53. The molecular weight excluding hydrogens is 325 g/mol. The molecule has 24 heavy (non-hydrogen) atoms. The number of nitrogens with zero attached hydrogens (tertiary/aromatic N) is 2. The van der Waals surface area contributed by atoms with Crippen molar-refractivity contribution in [3.8, 4) is 0 Å². The number of aromatic nitrogens is 2. The number of nitrogens with one attached hydrogen (secondary N) is 1. The molecule has 2 rings (SSSR count). The second-order valence-electron chi connectivity index (χ2n) is 4.82. The molecule has 0 fully saturated rings. The van der Waals surface area contributed by atoms with Gasteiger partial charge in [-0.1, -0.05) is 18.2 Å². The lowest BCUT2D eigenvalue weighted by atomic mass is 10.0. The highest BCUT2D eigenvalue weighted by molar-refractivity contribution is 5.82. The molecule has 1 aromatic heterocycles. The minimum atomic E-state index is -4.59. The van der Waals surface area contributed by atoms with Gasteiger partial charge in [0.25, 0.3) is 5.91 Å². The van der Waals surface area contributed by atoms with E-state index < -0.39 is 23.8 Å². The largest absolute Gasteiger partial charge is 0.416 e.